The topological polar surface area (TPSA) is 26.0 Å². The zero-order valence-corrected chi connectivity index (χ0v) is 33.7. The molecule has 0 aliphatic heterocycles. The summed E-state index contributed by atoms with van der Waals surface area (Å²) in [4.78, 5) is 4.93. The van der Waals surface area contributed by atoms with Gasteiger partial charge in [0.05, 0.1) is 5.41 Å². The maximum Gasteiger partial charge on any atom is 0.227 e. The number of hydrogen-bond donors (Lipinski definition) is 0. The molecule has 0 saturated heterocycles. The molecule has 0 unspecified atom stereocenters. The third kappa shape index (κ3) is 5.14. The number of oxazole rings is 1. The molecule has 0 spiro atoms. The fourth-order valence-electron chi connectivity index (χ4n) is 10.5. The largest absolute Gasteiger partial charge is 0.435 e. The normalized spacial score (nSPS) is 13.0. The van der Waals surface area contributed by atoms with Crippen molar-refractivity contribution in [2.45, 2.75) is 5.41 Å². The van der Waals surface area contributed by atoms with Gasteiger partial charge in [0.2, 0.25) is 5.89 Å². The number of aromatic nitrogens is 1. The van der Waals surface area contributed by atoms with Crippen molar-refractivity contribution in [2.24, 2.45) is 0 Å². The Morgan fingerprint density at radius 3 is 1.73 bits per heavy atom. The summed E-state index contributed by atoms with van der Waals surface area (Å²) in [6.07, 6.45) is 0. The van der Waals surface area contributed by atoms with Crippen molar-refractivity contribution < 1.29 is 4.42 Å². The van der Waals surface area contributed by atoms with E-state index in [9.17, 15) is 0 Å². The van der Waals surface area contributed by atoms with Crippen molar-refractivity contribution in [1.82, 2.24) is 4.98 Å². The lowest BCUT2D eigenvalue weighted by molar-refractivity contribution is 0.623. The molecule has 1 heterocycles. The van der Waals surface area contributed by atoms with E-state index >= 15 is 0 Å². The van der Waals surface area contributed by atoms with Crippen molar-refractivity contribution in [1.29, 1.82) is 0 Å². The van der Waals surface area contributed by atoms with Crippen LogP contribution in [0.4, 0.5) is 0 Å². The van der Waals surface area contributed by atoms with Crippen molar-refractivity contribution in [2.75, 3.05) is 0 Å². The molecule has 0 saturated carbocycles. The first-order chi connectivity index (χ1) is 30.7. The predicted molar refractivity (Wildman–Crippen MR) is 258 cm³/mol. The summed E-state index contributed by atoms with van der Waals surface area (Å²) in [7, 11) is 0. The van der Waals surface area contributed by atoms with Crippen molar-refractivity contribution in [3.05, 3.63) is 247 Å². The SMILES string of the molecule is c1ccc(-c2nc3ccc4ccc5ccc(-c6cc(-c7ccc8c(c7)C(c7ccccc7)(c7ccccc7)c7cc9ccccc9cc7-8)c7ccccc7c6)cc5c4c3o2)cc1. The second-order valence-corrected chi connectivity index (χ2v) is 16.6. The van der Waals surface area contributed by atoms with Crippen LogP contribution in [0.1, 0.15) is 22.3 Å². The molecule has 1 aliphatic rings. The Morgan fingerprint density at radius 2 is 0.952 bits per heavy atom. The first-order valence-electron chi connectivity index (χ1n) is 21.3. The Balaban J connectivity index is 1.04. The van der Waals surface area contributed by atoms with E-state index in [1.807, 2.05) is 30.3 Å². The molecule has 12 aromatic rings. The average Bonchev–Trinajstić information content (AvgIpc) is 3.91. The van der Waals surface area contributed by atoms with Gasteiger partial charge in [-0.15, -0.1) is 0 Å². The Bertz CT molecular complexity index is 3700. The summed E-state index contributed by atoms with van der Waals surface area (Å²) in [6.45, 7) is 0. The van der Waals surface area contributed by atoms with Gasteiger partial charge in [-0.25, -0.2) is 4.98 Å². The summed E-state index contributed by atoms with van der Waals surface area (Å²) in [5.74, 6) is 0.634. The number of benzene rings is 11. The van der Waals surface area contributed by atoms with Gasteiger partial charge in [0.25, 0.3) is 0 Å². The van der Waals surface area contributed by atoms with Gasteiger partial charge in [-0.2, -0.15) is 0 Å². The van der Waals surface area contributed by atoms with Crippen LogP contribution in [0.3, 0.4) is 0 Å². The van der Waals surface area contributed by atoms with Gasteiger partial charge in [-0.1, -0.05) is 170 Å². The van der Waals surface area contributed by atoms with Crippen LogP contribution in [-0.2, 0) is 5.41 Å². The lowest BCUT2D eigenvalue weighted by Crippen LogP contribution is -2.28. The van der Waals surface area contributed by atoms with Gasteiger partial charge in [0.1, 0.15) is 5.52 Å². The summed E-state index contributed by atoms with van der Waals surface area (Å²) in [5.41, 5.74) is 14.5. The third-order valence-electron chi connectivity index (χ3n) is 13.3. The lowest BCUT2D eigenvalue weighted by atomic mass is 9.67. The summed E-state index contributed by atoms with van der Waals surface area (Å²) in [5, 5.41) is 9.46. The van der Waals surface area contributed by atoms with Crippen LogP contribution in [-0.4, -0.2) is 4.98 Å². The summed E-state index contributed by atoms with van der Waals surface area (Å²) >= 11 is 0. The van der Waals surface area contributed by atoms with Gasteiger partial charge in [-0.3, -0.25) is 0 Å². The van der Waals surface area contributed by atoms with E-state index in [1.54, 1.807) is 0 Å². The highest BCUT2D eigenvalue weighted by Gasteiger charge is 2.46. The van der Waals surface area contributed by atoms with Gasteiger partial charge in [-0.05, 0) is 148 Å². The molecule has 0 amide bonds. The molecule has 0 atom stereocenters. The quantitative estimate of drug-likeness (QED) is 0.162. The highest BCUT2D eigenvalue weighted by atomic mass is 16.3. The maximum absolute atomic E-state index is 6.61. The second-order valence-electron chi connectivity index (χ2n) is 16.6. The van der Waals surface area contributed by atoms with Crippen LogP contribution < -0.4 is 0 Å². The zero-order chi connectivity index (χ0) is 40.8. The Kier molecular flexibility index (Phi) is 7.55. The van der Waals surface area contributed by atoms with E-state index in [-0.39, 0.29) is 0 Å². The van der Waals surface area contributed by atoms with E-state index in [1.165, 1.54) is 71.6 Å². The van der Waals surface area contributed by atoms with Crippen LogP contribution in [0, 0.1) is 0 Å². The Labute approximate surface area is 359 Å². The highest BCUT2D eigenvalue weighted by molar-refractivity contribution is 6.19. The molecular weight excluding hydrogens is 751 g/mol. The average molecular weight is 788 g/mol. The monoisotopic (exact) mass is 787 g/mol. The fourth-order valence-corrected chi connectivity index (χ4v) is 10.5. The van der Waals surface area contributed by atoms with E-state index in [0.717, 1.165) is 43.8 Å². The van der Waals surface area contributed by atoms with Crippen LogP contribution in [0.2, 0.25) is 0 Å². The molecule has 0 N–H and O–H groups in total. The molecule has 62 heavy (non-hydrogen) atoms. The summed E-state index contributed by atoms with van der Waals surface area (Å²) < 4.78 is 6.61. The van der Waals surface area contributed by atoms with Crippen LogP contribution in [0.25, 0.3) is 99.0 Å². The maximum atomic E-state index is 6.61. The number of nitrogens with zero attached hydrogens (tertiary/aromatic N) is 1. The lowest BCUT2D eigenvalue weighted by Gasteiger charge is -2.34. The fraction of sp³-hybridized carbons (Fsp3) is 0.0167. The predicted octanol–water partition coefficient (Wildman–Crippen LogP) is 15.8. The van der Waals surface area contributed by atoms with E-state index < -0.39 is 5.41 Å². The van der Waals surface area contributed by atoms with Gasteiger partial charge >= 0.3 is 0 Å². The van der Waals surface area contributed by atoms with Crippen LogP contribution in [0.5, 0.6) is 0 Å². The standard InChI is InChI=1S/C60H37NO/c1-4-14-40(15-5-1)59-61-56-31-29-39-26-24-38-25-27-43(33-52(38)57(39)58(56)62-59)46-32-44-18-12-13-23-49(44)51(35-46)45-28-30-50-53-34-41-16-10-11-17-42(41)36-55(53)60(54(50)37-45,47-19-6-2-7-20-47)48-21-8-3-9-22-48/h1-37H. The highest BCUT2D eigenvalue weighted by Crippen LogP contribution is 2.58. The second kappa shape index (κ2) is 13.5. The number of fused-ring (bicyclic) bond motifs is 10. The molecule has 288 valence electrons. The first-order valence-corrected chi connectivity index (χ1v) is 21.3. The molecule has 2 nitrogen and oxygen atoms in total. The van der Waals surface area contributed by atoms with Crippen molar-refractivity contribution in [3.8, 4) is 44.8 Å². The summed E-state index contributed by atoms with van der Waals surface area (Å²) in [6, 6.07) is 82.2. The molecule has 0 radical (unpaired) electrons. The zero-order valence-electron chi connectivity index (χ0n) is 33.7. The van der Waals surface area contributed by atoms with E-state index in [4.69, 9.17) is 9.40 Å². The van der Waals surface area contributed by atoms with Crippen molar-refractivity contribution >= 4 is 54.2 Å². The minimum Gasteiger partial charge on any atom is -0.435 e. The minimum atomic E-state index is -0.521. The molecule has 1 aromatic heterocycles. The molecule has 0 bridgehead atoms. The van der Waals surface area contributed by atoms with Gasteiger partial charge in [0.15, 0.2) is 5.58 Å². The molecule has 11 aromatic carbocycles. The third-order valence-corrected chi connectivity index (χ3v) is 13.3. The van der Waals surface area contributed by atoms with E-state index in [2.05, 4.69) is 194 Å². The van der Waals surface area contributed by atoms with E-state index in [0.29, 0.717) is 5.89 Å². The van der Waals surface area contributed by atoms with Gasteiger partial charge < -0.3 is 4.42 Å². The van der Waals surface area contributed by atoms with Crippen molar-refractivity contribution in [3.63, 3.8) is 0 Å². The first kappa shape index (κ1) is 34.8. The van der Waals surface area contributed by atoms with Crippen LogP contribution in [0.15, 0.2) is 229 Å². The van der Waals surface area contributed by atoms with Gasteiger partial charge in [0, 0.05) is 10.9 Å². The molecule has 0 fully saturated rings. The Hall–Kier alpha value is -8.07. The molecule has 13 rings (SSSR count). The molecule has 1 aliphatic carbocycles. The molecular formula is C60H37NO. The van der Waals surface area contributed by atoms with Crippen LogP contribution >= 0.6 is 0 Å². The molecule has 2 heteroatoms. The Morgan fingerprint density at radius 1 is 0.339 bits per heavy atom. The minimum absolute atomic E-state index is 0.521. The smallest absolute Gasteiger partial charge is 0.227 e. The number of rotatable bonds is 5. The number of hydrogen-bond acceptors (Lipinski definition) is 2.